The van der Waals surface area contributed by atoms with Gasteiger partial charge in [0.2, 0.25) is 0 Å². The number of nitrogens with one attached hydrogen (secondary N) is 2. The summed E-state index contributed by atoms with van der Waals surface area (Å²) >= 11 is 11.7. The van der Waals surface area contributed by atoms with Crippen LogP contribution < -0.4 is 11.1 Å². The molecule has 2 aromatic rings. The Balaban J connectivity index is 2.25. The van der Waals surface area contributed by atoms with E-state index in [-0.39, 0.29) is 21.7 Å². The number of H-pyrrole nitrogens is 1. The van der Waals surface area contributed by atoms with Gasteiger partial charge in [-0.05, 0) is 6.42 Å². The van der Waals surface area contributed by atoms with Crippen molar-refractivity contribution in [3.05, 3.63) is 28.0 Å². The van der Waals surface area contributed by atoms with Gasteiger partial charge in [0.15, 0.2) is 16.0 Å². The molecule has 0 aliphatic carbocycles. The van der Waals surface area contributed by atoms with Crippen molar-refractivity contribution in [3.8, 4) is 0 Å². The van der Waals surface area contributed by atoms with E-state index in [2.05, 4.69) is 25.5 Å². The van der Waals surface area contributed by atoms with E-state index in [4.69, 9.17) is 28.9 Å². The van der Waals surface area contributed by atoms with Crippen LogP contribution in [0, 0.1) is 0 Å². The van der Waals surface area contributed by atoms with E-state index in [1.165, 1.54) is 6.33 Å². The first kappa shape index (κ1) is 14.5. The highest BCUT2D eigenvalue weighted by molar-refractivity contribution is 6.38. The van der Waals surface area contributed by atoms with Gasteiger partial charge in [0.05, 0.1) is 11.4 Å². The van der Waals surface area contributed by atoms with Crippen LogP contribution in [0.4, 0.5) is 11.4 Å². The molecule has 1 amide bonds. The van der Waals surface area contributed by atoms with Gasteiger partial charge in [-0.1, -0.05) is 36.5 Å². The lowest BCUT2D eigenvalue weighted by molar-refractivity contribution is 0.102. The summed E-state index contributed by atoms with van der Waals surface area (Å²) in [6, 6.07) is 0. The molecule has 2 heterocycles. The average Bonchev–Trinajstić information content (AvgIpc) is 2.76. The van der Waals surface area contributed by atoms with Gasteiger partial charge in [-0.25, -0.2) is 9.97 Å². The summed E-state index contributed by atoms with van der Waals surface area (Å²) < 4.78 is 0. The molecule has 106 valence electrons. The second-order valence-corrected chi connectivity index (χ2v) is 4.71. The van der Waals surface area contributed by atoms with Crippen LogP contribution in [0.3, 0.4) is 0 Å². The second-order valence-electron chi connectivity index (χ2n) is 4.00. The number of nitrogens with zero attached hydrogens (tertiary/aromatic N) is 3. The molecule has 0 bridgehead atoms. The van der Waals surface area contributed by atoms with Crippen LogP contribution in [0.1, 0.15) is 29.5 Å². The first-order chi connectivity index (χ1) is 9.54. The zero-order chi connectivity index (χ0) is 14.7. The number of hydrogen-bond donors (Lipinski definition) is 3. The first-order valence-electron chi connectivity index (χ1n) is 5.84. The molecule has 0 saturated heterocycles. The summed E-state index contributed by atoms with van der Waals surface area (Å²) in [5.41, 5.74) is 7.12. The number of nitrogens with two attached hydrogens (primary N) is 1. The summed E-state index contributed by atoms with van der Waals surface area (Å²) in [6.45, 7) is 2.00. The fourth-order valence-electron chi connectivity index (χ4n) is 1.62. The summed E-state index contributed by atoms with van der Waals surface area (Å²) in [4.78, 5) is 19.6. The Kier molecular flexibility index (Phi) is 4.41. The maximum atomic E-state index is 12.1. The minimum atomic E-state index is -0.528. The van der Waals surface area contributed by atoms with Gasteiger partial charge in [0.25, 0.3) is 5.91 Å². The maximum absolute atomic E-state index is 12.1. The number of nitrogen functional groups attached to an aromatic ring is 1. The Labute approximate surface area is 124 Å². The highest BCUT2D eigenvalue weighted by Gasteiger charge is 2.19. The highest BCUT2D eigenvalue weighted by atomic mass is 35.5. The molecular formula is C11H12Cl2N6O. The molecule has 7 nitrogen and oxygen atoms in total. The lowest BCUT2D eigenvalue weighted by Gasteiger charge is -2.06. The topological polar surface area (TPSA) is 110 Å². The van der Waals surface area contributed by atoms with Gasteiger partial charge >= 0.3 is 0 Å². The second kappa shape index (κ2) is 6.06. The smallest absolute Gasteiger partial charge is 0.278 e. The molecule has 2 rings (SSSR count). The van der Waals surface area contributed by atoms with Gasteiger partial charge in [-0.15, -0.1) is 0 Å². The first-order valence-corrected chi connectivity index (χ1v) is 6.60. The lowest BCUT2D eigenvalue weighted by atomic mass is 10.2. The minimum Gasteiger partial charge on any atom is -0.395 e. The van der Waals surface area contributed by atoms with E-state index in [9.17, 15) is 4.79 Å². The van der Waals surface area contributed by atoms with Gasteiger partial charge in [0, 0.05) is 0 Å². The van der Waals surface area contributed by atoms with Gasteiger partial charge < -0.3 is 11.1 Å². The Morgan fingerprint density at radius 2 is 2.05 bits per heavy atom. The third kappa shape index (κ3) is 2.83. The van der Waals surface area contributed by atoms with Crippen molar-refractivity contribution in [1.82, 2.24) is 20.2 Å². The van der Waals surface area contributed by atoms with Crippen LogP contribution in [-0.2, 0) is 6.42 Å². The third-order valence-corrected chi connectivity index (χ3v) is 3.16. The number of carbonyl (C=O) groups excluding carboxylic acids is 1. The molecule has 9 heteroatoms. The molecule has 0 aromatic carbocycles. The van der Waals surface area contributed by atoms with E-state index >= 15 is 0 Å². The number of carbonyl (C=O) groups is 1. The van der Waals surface area contributed by atoms with E-state index in [0.29, 0.717) is 12.1 Å². The normalized spacial score (nSPS) is 10.6. The van der Waals surface area contributed by atoms with Crippen LogP contribution in [0.2, 0.25) is 10.3 Å². The molecule has 0 unspecified atom stereocenters. The van der Waals surface area contributed by atoms with Crippen molar-refractivity contribution < 1.29 is 4.79 Å². The zero-order valence-corrected chi connectivity index (χ0v) is 12.1. The predicted octanol–water partition coefficient (Wildman–Crippen LogP) is 2.29. The van der Waals surface area contributed by atoms with Gasteiger partial charge in [-0.2, -0.15) is 5.10 Å². The van der Waals surface area contributed by atoms with Crippen LogP contribution in [0.5, 0.6) is 0 Å². The van der Waals surface area contributed by atoms with E-state index in [0.717, 1.165) is 12.1 Å². The van der Waals surface area contributed by atoms with Crippen LogP contribution in [0.15, 0.2) is 6.33 Å². The van der Waals surface area contributed by atoms with Gasteiger partial charge in [0.1, 0.15) is 12.0 Å². The number of anilines is 2. The number of amides is 1. The Morgan fingerprint density at radius 3 is 2.65 bits per heavy atom. The SMILES string of the molecule is CCCc1[nH]nc(C(=O)Nc2c(Cl)ncnc2Cl)c1N. The minimum absolute atomic E-state index is 0.0428. The molecule has 0 fully saturated rings. The van der Waals surface area contributed by atoms with Crippen LogP contribution in [-0.4, -0.2) is 26.1 Å². The quantitative estimate of drug-likeness (QED) is 0.750. The molecule has 0 aliphatic rings. The number of aryl methyl sites for hydroxylation is 1. The van der Waals surface area contributed by atoms with Gasteiger partial charge in [-0.3, -0.25) is 9.89 Å². The van der Waals surface area contributed by atoms with Crippen molar-refractivity contribution in [2.24, 2.45) is 0 Å². The molecule has 0 aliphatic heterocycles. The molecule has 2 aromatic heterocycles. The molecular weight excluding hydrogens is 303 g/mol. The standard InChI is InChI=1S/C11H12Cl2N6O/c1-2-3-5-6(14)7(19-18-5)11(20)17-8-9(12)15-4-16-10(8)13/h4H,2-3,14H2,1H3,(H,17,20)(H,18,19). The number of halogens is 2. The zero-order valence-electron chi connectivity index (χ0n) is 10.6. The van der Waals surface area contributed by atoms with Crippen LogP contribution in [0.25, 0.3) is 0 Å². The largest absolute Gasteiger partial charge is 0.395 e. The highest BCUT2D eigenvalue weighted by Crippen LogP contribution is 2.27. The predicted molar refractivity (Wildman–Crippen MR) is 77.0 cm³/mol. The van der Waals surface area contributed by atoms with E-state index < -0.39 is 5.91 Å². The summed E-state index contributed by atoms with van der Waals surface area (Å²) in [5, 5.41) is 9.22. The summed E-state index contributed by atoms with van der Waals surface area (Å²) in [6.07, 6.45) is 2.79. The molecule has 20 heavy (non-hydrogen) atoms. The molecule has 0 atom stereocenters. The Bertz CT molecular complexity index is 622. The van der Waals surface area contributed by atoms with Crippen molar-refractivity contribution in [2.45, 2.75) is 19.8 Å². The monoisotopic (exact) mass is 314 g/mol. The molecule has 4 N–H and O–H groups in total. The number of aromatic nitrogens is 4. The van der Waals surface area contributed by atoms with Crippen molar-refractivity contribution in [1.29, 1.82) is 0 Å². The molecule has 0 radical (unpaired) electrons. The lowest BCUT2D eigenvalue weighted by Crippen LogP contribution is -2.15. The third-order valence-electron chi connectivity index (χ3n) is 2.59. The summed E-state index contributed by atoms with van der Waals surface area (Å²) in [7, 11) is 0. The summed E-state index contributed by atoms with van der Waals surface area (Å²) in [5.74, 6) is -0.528. The number of hydrogen-bond acceptors (Lipinski definition) is 5. The maximum Gasteiger partial charge on any atom is 0.278 e. The van der Waals surface area contributed by atoms with Crippen molar-refractivity contribution >= 4 is 40.5 Å². The van der Waals surface area contributed by atoms with Crippen molar-refractivity contribution in [3.63, 3.8) is 0 Å². The Morgan fingerprint density at radius 1 is 1.40 bits per heavy atom. The Hall–Kier alpha value is -1.86. The number of aromatic amines is 1. The van der Waals surface area contributed by atoms with E-state index in [1.54, 1.807) is 0 Å². The molecule has 0 saturated carbocycles. The fourth-order valence-corrected chi connectivity index (χ4v) is 2.03. The average molecular weight is 315 g/mol. The molecule has 0 spiro atoms. The van der Waals surface area contributed by atoms with Crippen molar-refractivity contribution in [2.75, 3.05) is 11.1 Å². The number of rotatable bonds is 4. The van der Waals surface area contributed by atoms with Crippen LogP contribution >= 0.6 is 23.2 Å². The fraction of sp³-hybridized carbons (Fsp3) is 0.273. The van der Waals surface area contributed by atoms with E-state index in [1.807, 2.05) is 6.92 Å².